The molecule has 6 heteroatoms. The fourth-order valence-electron chi connectivity index (χ4n) is 5.75. The van der Waals surface area contributed by atoms with Crippen LogP contribution in [0.5, 0.6) is 0 Å². The first-order chi connectivity index (χ1) is 16.8. The first-order valence-electron chi connectivity index (χ1n) is 12.7. The number of hydrogen-bond acceptors (Lipinski definition) is 5. The highest BCUT2D eigenvalue weighted by Crippen LogP contribution is 2.43. The largest absolute Gasteiger partial charge is 0.357 e. The van der Waals surface area contributed by atoms with Crippen molar-refractivity contribution in [1.29, 1.82) is 0 Å². The Morgan fingerprint density at radius 1 is 0.971 bits per heavy atom. The van der Waals surface area contributed by atoms with Gasteiger partial charge in [0.15, 0.2) is 5.78 Å². The molecular weight excluding hydrogens is 436 g/mol. The van der Waals surface area contributed by atoms with Gasteiger partial charge in [-0.15, -0.1) is 0 Å². The predicted octanol–water partition coefficient (Wildman–Crippen LogP) is 4.29. The molecular formula is C29H36N4O2. The van der Waals surface area contributed by atoms with Crippen LogP contribution in [-0.4, -0.2) is 60.3 Å². The molecule has 0 aromatic heterocycles. The number of nitrogens with zero attached hydrogens (tertiary/aromatic N) is 3. The number of nitrogens with one attached hydrogen (secondary N) is 1. The van der Waals surface area contributed by atoms with E-state index >= 15 is 0 Å². The number of ketones is 1. The van der Waals surface area contributed by atoms with Crippen LogP contribution in [0.4, 0.5) is 11.4 Å². The van der Waals surface area contributed by atoms with E-state index in [4.69, 9.17) is 0 Å². The van der Waals surface area contributed by atoms with E-state index in [0.717, 1.165) is 61.8 Å². The van der Waals surface area contributed by atoms with Crippen molar-refractivity contribution in [1.82, 2.24) is 9.80 Å². The lowest BCUT2D eigenvalue weighted by Crippen LogP contribution is -2.52. The van der Waals surface area contributed by atoms with E-state index in [9.17, 15) is 9.59 Å². The maximum atomic E-state index is 13.5. The Labute approximate surface area is 208 Å². The zero-order chi connectivity index (χ0) is 24.6. The van der Waals surface area contributed by atoms with Crippen LogP contribution in [0.1, 0.15) is 39.2 Å². The van der Waals surface area contributed by atoms with E-state index in [1.165, 1.54) is 5.56 Å². The second kappa shape index (κ2) is 9.50. The smallest absolute Gasteiger partial charge is 0.242 e. The van der Waals surface area contributed by atoms with Crippen LogP contribution in [0, 0.1) is 5.41 Å². The van der Waals surface area contributed by atoms with Gasteiger partial charge in [0.25, 0.3) is 0 Å². The molecule has 35 heavy (non-hydrogen) atoms. The number of carbonyl (C=O) groups excluding carboxylic acids is 2. The van der Waals surface area contributed by atoms with Gasteiger partial charge in [-0.1, -0.05) is 56.3 Å². The lowest BCUT2D eigenvalue weighted by Gasteiger charge is -2.38. The summed E-state index contributed by atoms with van der Waals surface area (Å²) in [5, 5.41) is 3.58. The number of rotatable bonds is 4. The molecule has 1 atom stereocenters. The molecule has 0 bridgehead atoms. The molecule has 184 valence electrons. The Hall–Kier alpha value is -3.12. The van der Waals surface area contributed by atoms with Crippen molar-refractivity contribution < 1.29 is 9.59 Å². The summed E-state index contributed by atoms with van der Waals surface area (Å²) >= 11 is 0. The average Bonchev–Trinajstić information content (AvgIpc) is 2.93. The zero-order valence-corrected chi connectivity index (χ0v) is 21.1. The van der Waals surface area contributed by atoms with Crippen LogP contribution in [-0.2, 0) is 16.1 Å². The number of carbonyl (C=O) groups is 2. The second-order valence-electron chi connectivity index (χ2n) is 10.9. The third-order valence-electron chi connectivity index (χ3n) is 7.58. The molecule has 0 saturated carbocycles. The van der Waals surface area contributed by atoms with Crippen LogP contribution < -0.4 is 10.2 Å². The topological polar surface area (TPSA) is 55.9 Å². The summed E-state index contributed by atoms with van der Waals surface area (Å²) in [6.07, 6.45) is 1.37. The fourth-order valence-corrected chi connectivity index (χ4v) is 5.75. The van der Waals surface area contributed by atoms with Crippen LogP contribution in [0.15, 0.2) is 65.9 Å². The third kappa shape index (κ3) is 4.98. The number of piperazine rings is 1. The summed E-state index contributed by atoms with van der Waals surface area (Å²) in [5.74, 6) is 0.315. The lowest BCUT2D eigenvalue weighted by atomic mass is 9.74. The van der Waals surface area contributed by atoms with Gasteiger partial charge in [-0.3, -0.25) is 14.5 Å². The summed E-state index contributed by atoms with van der Waals surface area (Å²) in [6.45, 7) is 10.8. The first-order valence-corrected chi connectivity index (χ1v) is 12.7. The minimum absolute atomic E-state index is 0.0675. The Bertz CT molecular complexity index is 1130. The number of fused-ring (bicyclic) bond motifs is 1. The molecule has 0 spiro atoms. The molecule has 1 N–H and O–H groups in total. The van der Waals surface area contributed by atoms with Crippen LogP contribution >= 0.6 is 0 Å². The number of allylic oxidation sites excluding steroid dienone is 1. The molecule has 1 unspecified atom stereocenters. The van der Waals surface area contributed by atoms with E-state index in [0.29, 0.717) is 6.42 Å². The number of Topliss-reactive ketones (excluding diaryl/α,β-unsaturated/α-hetero) is 1. The predicted molar refractivity (Wildman–Crippen MR) is 140 cm³/mol. The first kappa shape index (κ1) is 23.6. The van der Waals surface area contributed by atoms with Crippen molar-refractivity contribution in [3.05, 3.63) is 71.4 Å². The molecule has 2 aliphatic heterocycles. The zero-order valence-electron chi connectivity index (χ0n) is 21.1. The number of benzene rings is 2. The minimum atomic E-state index is -0.159. The summed E-state index contributed by atoms with van der Waals surface area (Å²) in [7, 11) is 0. The fraction of sp³-hybridized carbons (Fsp3) is 0.448. The van der Waals surface area contributed by atoms with E-state index in [1.807, 2.05) is 29.2 Å². The van der Waals surface area contributed by atoms with Crippen molar-refractivity contribution in [2.45, 2.75) is 46.2 Å². The van der Waals surface area contributed by atoms with E-state index in [1.54, 1.807) is 0 Å². The highest BCUT2D eigenvalue weighted by Gasteiger charge is 2.39. The van der Waals surface area contributed by atoms with Crippen LogP contribution in [0.3, 0.4) is 0 Å². The number of para-hydroxylation sites is 2. The van der Waals surface area contributed by atoms with Gasteiger partial charge in [-0.2, -0.15) is 0 Å². The normalized spacial score (nSPS) is 22.3. The van der Waals surface area contributed by atoms with Crippen molar-refractivity contribution >= 4 is 23.1 Å². The van der Waals surface area contributed by atoms with E-state index < -0.39 is 0 Å². The SMILES string of the molecule is CC1C2=C(CC(C)(C)CC2=O)Nc2ccccc2N1CC(=O)N1CCN(Cc2ccccc2)CC1. The maximum Gasteiger partial charge on any atom is 0.242 e. The molecule has 1 saturated heterocycles. The quantitative estimate of drug-likeness (QED) is 0.719. The molecule has 1 fully saturated rings. The minimum Gasteiger partial charge on any atom is -0.357 e. The standard InChI is InChI=1S/C29H36N4O2/c1-21-28-24(17-29(2,3)18-26(28)34)30-23-11-7-8-12-25(23)33(21)20-27(35)32-15-13-31(14-16-32)19-22-9-5-4-6-10-22/h4-12,21,30H,13-20H2,1-3H3. The van der Waals surface area contributed by atoms with Gasteiger partial charge in [-0.05, 0) is 36.5 Å². The van der Waals surface area contributed by atoms with Gasteiger partial charge < -0.3 is 15.1 Å². The van der Waals surface area contributed by atoms with Crippen molar-refractivity contribution in [3.63, 3.8) is 0 Å². The van der Waals surface area contributed by atoms with Crippen LogP contribution in [0.2, 0.25) is 0 Å². The molecule has 2 heterocycles. The van der Waals surface area contributed by atoms with Gasteiger partial charge in [0.05, 0.1) is 24.0 Å². The molecule has 3 aliphatic rings. The summed E-state index contributed by atoms with van der Waals surface area (Å²) in [4.78, 5) is 33.3. The Kier molecular flexibility index (Phi) is 6.41. The Morgan fingerprint density at radius 2 is 1.66 bits per heavy atom. The molecule has 2 aromatic carbocycles. The van der Waals surface area contributed by atoms with E-state index in [-0.39, 0.29) is 29.7 Å². The van der Waals surface area contributed by atoms with Crippen molar-refractivity contribution in [2.75, 3.05) is 42.9 Å². The molecule has 2 aromatic rings. The molecule has 5 rings (SSSR count). The molecule has 1 amide bonds. The van der Waals surface area contributed by atoms with Gasteiger partial charge >= 0.3 is 0 Å². The maximum absolute atomic E-state index is 13.5. The molecule has 0 radical (unpaired) electrons. The number of hydrogen-bond donors (Lipinski definition) is 1. The average molecular weight is 473 g/mol. The number of amides is 1. The van der Waals surface area contributed by atoms with Crippen molar-refractivity contribution in [2.24, 2.45) is 5.41 Å². The Balaban J connectivity index is 1.31. The van der Waals surface area contributed by atoms with Crippen LogP contribution in [0.25, 0.3) is 0 Å². The van der Waals surface area contributed by atoms with Gasteiger partial charge in [-0.25, -0.2) is 0 Å². The van der Waals surface area contributed by atoms with Gasteiger partial charge in [0.2, 0.25) is 5.91 Å². The Morgan fingerprint density at radius 3 is 2.40 bits per heavy atom. The highest BCUT2D eigenvalue weighted by molar-refractivity contribution is 6.01. The lowest BCUT2D eigenvalue weighted by molar-refractivity contribution is -0.131. The third-order valence-corrected chi connectivity index (χ3v) is 7.58. The highest BCUT2D eigenvalue weighted by atomic mass is 16.2. The summed E-state index contributed by atoms with van der Waals surface area (Å²) in [5.41, 5.74) is 5.03. The molecule has 6 nitrogen and oxygen atoms in total. The molecule has 1 aliphatic carbocycles. The summed E-state index contributed by atoms with van der Waals surface area (Å²) in [6, 6.07) is 18.4. The van der Waals surface area contributed by atoms with Gasteiger partial charge in [0.1, 0.15) is 0 Å². The summed E-state index contributed by atoms with van der Waals surface area (Å²) < 4.78 is 0. The van der Waals surface area contributed by atoms with Gasteiger partial charge in [0, 0.05) is 50.4 Å². The second-order valence-corrected chi connectivity index (χ2v) is 10.9. The van der Waals surface area contributed by atoms with Crippen molar-refractivity contribution in [3.8, 4) is 0 Å². The number of anilines is 2. The van der Waals surface area contributed by atoms with E-state index in [2.05, 4.69) is 66.2 Å². The monoisotopic (exact) mass is 472 g/mol.